The van der Waals surface area contributed by atoms with Crippen LogP contribution in [0.15, 0.2) is 29.2 Å². The molecule has 0 saturated heterocycles. The van der Waals surface area contributed by atoms with Gasteiger partial charge in [0.1, 0.15) is 0 Å². The van der Waals surface area contributed by atoms with Gasteiger partial charge >= 0.3 is 6.18 Å². The predicted molar refractivity (Wildman–Crippen MR) is 77.2 cm³/mol. The Kier molecular flexibility index (Phi) is 5.01. The number of halogens is 3. The first-order valence-electron chi connectivity index (χ1n) is 5.93. The standard InChI is InChI=1S/C12H15F3N2O2S2/c1-3-11(2,10(16)20)17-21(18,19)9-6-4-5-8(7-9)12(13,14)15/h4-7,17H,3H2,1-2H3,(H2,16,20). The Hall–Kier alpha value is -1.19. The van der Waals surface area contributed by atoms with Crippen LogP contribution in [-0.2, 0) is 16.2 Å². The van der Waals surface area contributed by atoms with Crippen molar-refractivity contribution in [2.24, 2.45) is 5.73 Å². The molecule has 1 rings (SSSR count). The minimum atomic E-state index is -4.62. The number of alkyl halides is 3. The molecule has 21 heavy (non-hydrogen) atoms. The van der Waals surface area contributed by atoms with E-state index in [4.69, 9.17) is 18.0 Å². The van der Waals surface area contributed by atoms with Gasteiger partial charge in [-0.2, -0.15) is 17.9 Å². The lowest BCUT2D eigenvalue weighted by atomic mass is 10.0. The Morgan fingerprint density at radius 2 is 1.95 bits per heavy atom. The number of benzene rings is 1. The van der Waals surface area contributed by atoms with Gasteiger partial charge in [0, 0.05) is 0 Å². The van der Waals surface area contributed by atoms with Gasteiger partial charge in [-0.05, 0) is 31.5 Å². The maximum Gasteiger partial charge on any atom is 0.416 e. The van der Waals surface area contributed by atoms with Crippen molar-refractivity contribution in [1.82, 2.24) is 4.72 Å². The summed E-state index contributed by atoms with van der Waals surface area (Å²) in [6, 6.07) is 3.47. The quantitative estimate of drug-likeness (QED) is 0.808. The zero-order valence-electron chi connectivity index (χ0n) is 11.4. The molecule has 0 heterocycles. The SMILES string of the molecule is CCC(C)(NS(=O)(=O)c1cccc(C(F)(F)F)c1)C(N)=S. The maximum atomic E-state index is 12.6. The van der Waals surface area contributed by atoms with E-state index in [1.807, 2.05) is 0 Å². The van der Waals surface area contributed by atoms with Crippen molar-refractivity contribution < 1.29 is 21.6 Å². The Labute approximate surface area is 126 Å². The first-order valence-corrected chi connectivity index (χ1v) is 7.82. The summed E-state index contributed by atoms with van der Waals surface area (Å²) >= 11 is 4.80. The van der Waals surface area contributed by atoms with Gasteiger partial charge in [-0.3, -0.25) is 0 Å². The number of nitrogens with two attached hydrogens (primary N) is 1. The number of rotatable bonds is 5. The summed E-state index contributed by atoms with van der Waals surface area (Å²) < 4.78 is 64.5. The molecule has 1 unspecified atom stereocenters. The third-order valence-electron chi connectivity index (χ3n) is 3.08. The van der Waals surface area contributed by atoms with Crippen molar-refractivity contribution in [3.05, 3.63) is 29.8 Å². The molecule has 0 spiro atoms. The van der Waals surface area contributed by atoms with Gasteiger partial charge in [0.2, 0.25) is 10.0 Å². The van der Waals surface area contributed by atoms with Crippen LogP contribution in [0.25, 0.3) is 0 Å². The normalized spacial score (nSPS) is 15.5. The molecule has 0 aliphatic rings. The third kappa shape index (κ3) is 4.14. The molecular formula is C12H15F3N2O2S2. The molecule has 0 bridgehead atoms. The van der Waals surface area contributed by atoms with E-state index in [9.17, 15) is 21.6 Å². The van der Waals surface area contributed by atoms with E-state index in [2.05, 4.69) is 4.72 Å². The Bertz CT molecular complexity index is 644. The van der Waals surface area contributed by atoms with E-state index >= 15 is 0 Å². The van der Waals surface area contributed by atoms with Crippen molar-refractivity contribution in [1.29, 1.82) is 0 Å². The van der Waals surface area contributed by atoms with Crippen molar-refractivity contribution in [3.63, 3.8) is 0 Å². The highest BCUT2D eigenvalue weighted by Crippen LogP contribution is 2.30. The average Bonchev–Trinajstić information content (AvgIpc) is 2.37. The zero-order chi connectivity index (χ0) is 16.5. The summed E-state index contributed by atoms with van der Waals surface area (Å²) in [7, 11) is -4.18. The van der Waals surface area contributed by atoms with Crippen LogP contribution in [0.4, 0.5) is 13.2 Å². The van der Waals surface area contributed by atoms with Crippen LogP contribution in [-0.4, -0.2) is 18.9 Å². The maximum absolute atomic E-state index is 12.6. The predicted octanol–water partition coefficient (Wildman–Crippen LogP) is 2.44. The molecule has 0 amide bonds. The molecule has 0 aliphatic heterocycles. The summed E-state index contributed by atoms with van der Waals surface area (Å²) in [5.74, 6) is 0. The first-order chi connectivity index (χ1) is 9.42. The van der Waals surface area contributed by atoms with Gasteiger partial charge in [-0.1, -0.05) is 25.2 Å². The first kappa shape index (κ1) is 17.9. The monoisotopic (exact) mass is 340 g/mol. The summed E-state index contributed by atoms with van der Waals surface area (Å²) in [6.07, 6.45) is -4.36. The molecule has 0 aliphatic carbocycles. The molecule has 118 valence electrons. The van der Waals surface area contributed by atoms with Gasteiger partial charge in [-0.25, -0.2) is 8.42 Å². The molecule has 0 fully saturated rings. The van der Waals surface area contributed by atoms with E-state index in [1.165, 1.54) is 6.92 Å². The molecule has 3 N–H and O–H groups in total. The largest absolute Gasteiger partial charge is 0.416 e. The number of thiocarbonyl (C=S) groups is 1. The van der Waals surface area contributed by atoms with E-state index < -0.39 is 32.2 Å². The highest BCUT2D eigenvalue weighted by Gasteiger charge is 2.34. The van der Waals surface area contributed by atoms with Crippen molar-refractivity contribution >= 4 is 27.2 Å². The van der Waals surface area contributed by atoms with Crippen LogP contribution in [0.5, 0.6) is 0 Å². The van der Waals surface area contributed by atoms with E-state index in [0.29, 0.717) is 6.07 Å². The number of hydrogen-bond donors (Lipinski definition) is 2. The lowest BCUT2D eigenvalue weighted by molar-refractivity contribution is -0.137. The van der Waals surface area contributed by atoms with Crippen LogP contribution >= 0.6 is 12.2 Å². The smallest absolute Gasteiger partial charge is 0.392 e. The van der Waals surface area contributed by atoms with Gasteiger partial charge in [-0.15, -0.1) is 0 Å². The van der Waals surface area contributed by atoms with Crippen LogP contribution in [0.3, 0.4) is 0 Å². The molecule has 4 nitrogen and oxygen atoms in total. The number of sulfonamides is 1. The minimum Gasteiger partial charge on any atom is -0.392 e. The fourth-order valence-electron chi connectivity index (χ4n) is 1.49. The molecule has 1 aromatic carbocycles. The molecular weight excluding hydrogens is 325 g/mol. The molecule has 1 atom stereocenters. The van der Waals surface area contributed by atoms with Crippen LogP contribution in [0.1, 0.15) is 25.8 Å². The molecule has 1 aromatic rings. The second kappa shape index (κ2) is 5.90. The van der Waals surface area contributed by atoms with Crippen LogP contribution < -0.4 is 10.5 Å². The molecule has 9 heteroatoms. The number of hydrogen-bond acceptors (Lipinski definition) is 3. The van der Waals surface area contributed by atoms with Gasteiger partial charge in [0.25, 0.3) is 0 Å². The topological polar surface area (TPSA) is 72.2 Å². The highest BCUT2D eigenvalue weighted by molar-refractivity contribution is 7.89. The molecule has 0 aromatic heterocycles. The van der Waals surface area contributed by atoms with Crippen molar-refractivity contribution in [2.45, 2.75) is 36.9 Å². The average molecular weight is 340 g/mol. The number of nitrogens with one attached hydrogen (secondary N) is 1. The lowest BCUT2D eigenvalue weighted by Crippen LogP contribution is -2.53. The molecule has 0 saturated carbocycles. The summed E-state index contributed by atoms with van der Waals surface area (Å²) in [6.45, 7) is 3.13. The second-order valence-electron chi connectivity index (χ2n) is 4.68. The Morgan fingerprint density at radius 3 is 2.38 bits per heavy atom. The van der Waals surface area contributed by atoms with Gasteiger partial charge in [0.15, 0.2) is 0 Å². The van der Waals surface area contributed by atoms with Crippen molar-refractivity contribution in [3.8, 4) is 0 Å². The van der Waals surface area contributed by atoms with E-state index in [0.717, 1.165) is 18.2 Å². The van der Waals surface area contributed by atoms with E-state index in [1.54, 1.807) is 6.92 Å². The van der Waals surface area contributed by atoms with Gasteiger partial charge < -0.3 is 5.73 Å². The van der Waals surface area contributed by atoms with Gasteiger partial charge in [0.05, 0.1) is 21.0 Å². The highest BCUT2D eigenvalue weighted by atomic mass is 32.2. The zero-order valence-corrected chi connectivity index (χ0v) is 13.0. The fraction of sp³-hybridized carbons (Fsp3) is 0.417. The van der Waals surface area contributed by atoms with Crippen molar-refractivity contribution in [2.75, 3.05) is 0 Å². The third-order valence-corrected chi connectivity index (χ3v) is 5.13. The van der Waals surface area contributed by atoms with E-state index in [-0.39, 0.29) is 11.4 Å². The minimum absolute atomic E-state index is 0.0828. The second-order valence-corrected chi connectivity index (χ2v) is 6.80. The van der Waals surface area contributed by atoms with Crippen LogP contribution in [0, 0.1) is 0 Å². The summed E-state index contributed by atoms with van der Waals surface area (Å²) in [5, 5.41) is 0. The summed E-state index contributed by atoms with van der Waals surface area (Å²) in [4.78, 5) is -0.575. The fourth-order valence-corrected chi connectivity index (χ4v) is 3.26. The Balaban J connectivity index is 3.24. The lowest BCUT2D eigenvalue weighted by Gasteiger charge is -2.28. The summed E-state index contributed by atoms with van der Waals surface area (Å²) in [5.41, 5.74) is 3.24. The van der Waals surface area contributed by atoms with Crippen LogP contribution in [0.2, 0.25) is 0 Å². The molecule has 0 radical (unpaired) electrons. The Morgan fingerprint density at radius 1 is 1.38 bits per heavy atom.